The molecule has 0 radical (unpaired) electrons. The van der Waals surface area contributed by atoms with E-state index in [9.17, 15) is 19.8 Å². The molecule has 1 unspecified atom stereocenters. The molecular weight excluding hydrogens is 472 g/mol. The molecule has 5 rings (SSSR count). The van der Waals surface area contributed by atoms with Crippen molar-refractivity contribution in [1.29, 1.82) is 0 Å². The lowest BCUT2D eigenvalue weighted by Gasteiger charge is -2.22. The molecule has 37 heavy (non-hydrogen) atoms. The Labute approximate surface area is 212 Å². The molecule has 0 aliphatic rings. The Bertz CT molecular complexity index is 1680. The molecule has 0 saturated carbocycles. The van der Waals surface area contributed by atoms with Gasteiger partial charge in [0.2, 0.25) is 5.43 Å². The summed E-state index contributed by atoms with van der Waals surface area (Å²) in [6.45, 7) is 0. The first-order chi connectivity index (χ1) is 17.9. The van der Waals surface area contributed by atoms with Gasteiger partial charge in [-0.3, -0.25) is 9.59 Å². The number of hydrogen-bond donors (Lipinski definition) is 2. The molecule has 7 nitrogen and oxygen atoms in total. The van der Waals surface area contributed by atoms with Crippen molar-refractivity contribution in [3.05, 3.63) is 100 Å². The van der Waals surface area contributed by atoms with Crippen LogP contribution in [0.25, 0.3) is 32.9 Å². The first-order valence-electron chi connectivity index (χ1n) is 11.6. The predicted octanol–water partition coefficient (Wildman–Crippen LogP) is 5.73. The molecule has 0 aliphatic carbocycles. The van der Waals surface area contributed by atoms with Crippen LogP contribution in [0.5, 0.6) is 17.2 Å². The second-order valence-corrected chi connectivity index (χ2v) is 8.64. The number of hydrogen-bond acceptors (Lipinski definition) is 7. The predicted molar refractivity (Wildman–Crippen MR) is 140 cm³/mol. The van der Waals surface area contributed by atoms with Crippen molar-refractivity contribution in [2.45, 2.75) is 12.3 Å². The van der Waals surface area contributed by atoms with E-state index in [2.05, 4.69) is 0 Å². The van der Waals surface area contributed by atoms with Crippen LogP contribution in [-0.4, -0.2) is 30.4 Å². The summed E-state index contributed by atoms with van der Waals surface area (Å²) < 4.78 is 16.5. The van der Waals surface area contributed by atoms with Crippen LogP contribution < -0.4 is 10.2 Å². The fourth-order valence-electron chi connectivity index (χ4n) is 4.78. The maximum absolute atomic E-state index is 13.5. The Hall–Kier alpha value is -4.78. The number of esters is 1. The van der Waals surface area contributed by atoms with Gasteiger partial charge in [-0.2, -0.15) is 0 Å². The highest BCUT2D eigenvalue weighted by atomic mass is 16.5. The zero-order valence-corrected chi connectivity index (χ0v) is 20.2. The van der Waals surface area contributed by atoms with Crippen LogP contribution in [0, 0.1) is 0 Å². The normalized spacial score (nSPS) is 11.9. The number of carbonyl (C=O) groups excluding carboxylic acids is 1. The monoisotopic (exact) mass is 496 g/mol. The lowest BCUT2D eigenvalue weighted by molar-refractivity contribution is -0.140. The Morgan fingerprint density at radius 1 is 0.892 bits per heavy atom. The average molecular weight is 497 g/mol. The Balaban J connectivity index is 1.77. The van der Waals surface area contributed by atoms with Gasteiger partial charge in [0.05, 0.1) is 31.6 Å². The highest BCUT2D eigenvalue weighted by Crippen LogP contribution is 2.43. The van der Waals surface area contributed by atoms with Crippen LogP contribution in [0.2, 0.25) is 0 Å². The van der Waals surface area contributed by atoms with E-state index in [1.807, 2.05) is 36.4 Å². The maximum Gasteiger partial charge on any atom is 0.306 e. The minimum absolute atomic E-state index is 0.0819. The fraction of sp³-hybridized carbons (Fsp3) is 0.133. The topological polar surface area (TPSA) is 106 Å². The van der Waals surface area contributed by atoms with Gasteiger partial charge in [0, 0.05) is 16.9 Å². The molecule has 0 bridgehead atoms. The minimum Gasteiger partial charge on any atom is -0.508 e. The SMILES string of the molecule is COC(=O)CC(c1ccc(OC)c2ccccc12)c1c(O)ccc2c(=O)c(-c3ccc(O)cc3)coc12. The number of benzene rings is 4. The van der Waals surface area contributed by atoms with Gasteiger partial charge < -0.3 is 24.1 Å². The molecule has 186 valence electrons. The van der Waals surface area contributed by atoms with Crippen molar-refractivity contribution < 1.29 is 28.9 Å². The van der Waals surface area contributed by atoms with E-state index in [1.165, 1.54) is 37.6 Å². The quantitative estimate of drug-likeness (QED) is 0.289. The Morgan fingerprint density at radius 2 is 1.62 bits per heavy atom. The summed E-state index contributed by atoms with van der Waals surface area (Å²) in [4.78, 5) is 26.1. The van der Waals surface area contributed by atoms with Gasteiger partial charge in [-0.15, -0.1) is 0 Å². The molecule has 2 N–H and O–H groups in total. The van der Waals surface area contributed by atoms with Crippen LogP contribution >= 0.6 is 0 Å². The van der Waals surface area contributed by atoms with Crippen molar-refractivity contribution in [3.63, 3.8) is 0 Å². The zero-order valence-electron chi connectivity index (χ0n) is 20.2. The van der Waals surface area contributed by atoms with Gasteiger partial charge in [-0.25, -0.2) is 0 Å². The van der Waals surface area contributed by atoms with Gasteiger partial charge in [-0.05, 0) is 46.8 Å². The lowest BCUT2D eigenvalue weighted by Crippen LogP contribution is -2.13. The molecule has 7 heteroatoms. The van der Waals surface area contributed by atoms with E-state index in [-0.39, 0.29) is 34.3 Å². The molecule has 4 aromatic carbocycles. The van der Waals surface area contributed by atoms with Gasteiger partial charge in [0.1, 0.15) is 29.1 Å². The Morgan fingerprint density at radius 3 is 2.32 bits per heavy atom. The highest BCUT2D eigenvalue weighted by Gasteiger charge is 2.28. The molecule has 1 heterocycles. The number of phenolic OH excluding ortho intramolecular Hbond substituents is 2. The number of carbonyl (C=O) groups is 1. The van der Waals surface area contributed by atoms with Crippen LogP contribution in [0.1, 0.15) is 23.5 Å². The summed E-state index contributed by atoms with van der Waals surface area (Å²) >= 11 is 0. The van der Waals surface area contributed by atoms with Crippen LogP contribution in [0.3, 0.4) is 0 Å². The lowest BCUT2D eigenvalue weighted by atomic mass is 9.84. The first kappa shape index (κ1) is 23.9. The first-order valence-corrected chi connectivity index (χ1v) is 11.6. The molecule has 0 spiro atoms. The van der Waals surface area contributed by atoms with Crippen molar-refractivity contribution in [2.24, 2.45) is 0 Å². The number of fused-ring (bicyclic) bond motifs is 2. The van der Waals surface area contributed by atoms with E-state index in [0.29, 0.717) is 22.4 Å². The number of methoxy groups -OCH3 is 2. The molecule has 0 saturated heterocycles. The number of ether oxygens (including phenoxy) is 2. The van der Waals surface area contributed by atoms with E-state index in [0.717, 1.165) is 16.3 Å². The zero-order chi connectivity index (χ0) is 26.1. The number of phenols is 2. The molecule has 0 fully saturated rings. The van der Waals surface area contributed by atoms with Gasteiger partial charge in [-0.1, -0.05) is 42.5 Å². The summed E-state index contributed by atoms with van der Waals surface area (Å²) in [5, 5.41) is 22.6. The molecule has 1 aromatic heterocycles. The summed E-state index contributed by atoms with van der Waals surface area (Å²) in [5.74, 6) is -0.525. The highest BCUT2D eigenvalue weighted by molar-refractivity contribution is 5.94. The minimum atomic E-state index is -0.686. The van der Waals surface area contributed by atoms with Gasteiger partial charge in [0.25, 0.3) is 0 Å². The van der Waals surface area contributed by atoms with E-state index >= 15 is 0 Å². The van der Waals surface area contributed by atoms with E-state index in [1.54, 1.807) is 19.2 Å². The second kappa shape index (κ2) is 9.70. The van der Waals surface area contributed by atoms with Crippen molar-refractivity contribution in [3.8, 4) is 28.4 Å². The smallest absolute Gasteiger partial charge is 0.306 e. The van der Waals surface area contributed by atoms with Crippen molar-refractivity contribution in [2.75, 3.05) is 14.2 Å². The summed E-state index contributed by atoms with van der Waals surface area (Å²) in [5.41, 5.74) is 1.83. The third kappa shape index (κ3) is 4.25. The average Bonchev–Trinajstić information content (AvgIpc) is 2.92. The third-order valence-electron chi connectivity index (χ3n) is 6.60. The van der Waals surface area contributed by atoms with Gasteiger partial charge >= 0.3 is 5.97 Å². The van der Waals surface area contributed by atoms with Crippen molar-refractivity contribution in [1.82, 2.24) is 0 Å². The fourth-order valence-corrected chi connectivity index (χ4v) is 4.78. The standard InChI is InChI=1S/C30H24O7/c1-35-26-14-12-20(19-5-3-4-6-21(19)26)23(15-27(33)36-2)28-25(32)13-11-22-29(34)24(16-37-30(22)28)17-7-9-18(31)10-8-17/h3-14,16,23,31-32H,15H2,1-2H3. The molecule has 1 atom stereocenters. The van der Waals surface area contributed by atoms with Gasteiger partial charge in [0.15, 0.2) is 0 Å². The molecule has 5 aromatic rings. The van der Waals surface area contributed by atoms with Crippen LogP contribution in [0.4, 0.5) is 0 Å². The third-order valence-corrected chi connectivity index (χ3v) is 6.60. The number of aromatic hydroxyl groups is 2. The molecule has 0 amide bonds. The summed E-state index contributed by atoms with van der Waals surface area (Å²) in [6, 6.07) is 20.4. The van der Waals surface area contributed by atoms with E-state index in [4.69, 9.17) is 13.9 Å². The Kier molecular flexibility index (Phi) is 6.27. The molecule has 0 aliphatic heterocycles. The summed E-state index contributed by atoms with van der Waals surface area (Å²) in [7, 11) is 2.89. The van der Waals surface area contributed by atoms with Crippen molar-refractivity contribution >= 4 is 27.7 Å². The largest absolute Gasteiger partial charge is 0.508 e. The molecular formula is C30H24O7. The maximum atomic E-state index is 13.5. The second-order valence-electron chi connectivity index (χ2n) is 8.64. The number of rotatable bonds is 6. The van der Waals surface area contributed by atoms with Crippen LogP contribution in [-0.2, 0) is 9.53 Å². The van der Waals surface area contributed by atoms with E-state index < -0.39 is 11.9 Å². The summed E-state index contributed by atoms with van der Waals surface area (Å²) in [6.07, 6.45) is 1.24. The van der Waals surface area contributed by atoms with Crippen LogP contribution in [0.15, 0.2) is 88.3 Å².